The van der Waals surface area contributed by atoms with E-state index in [0.29, 0.717) is 30.2 Å². The highest BCUT2D eigenvalue weighted by atomic mass is 16.7. The number of aliphatic hydroxyl groups is 1. The summed E-state index contributed by atoms with van der Waals surface area (Å²) in [7, 11) is 0. The number of hydrogen-bond donors (Lipinski definition) is 2. The van der Waals surface area contributed by atoms with Crippen molar-refractivity contribution in [2.45, 2.75) is 25.5 Å². The zero-order valence-corrected chi connectivity index (χ0v) is 14.4. The van der Waals surface area contributed by atoms with Crippen LogP contribution >= 0.6 is 0 Å². The van der Waals surface area contributed by atoms with Gasteiger partial charge in [0.2, 0.25) is 6.79 Å². The van der Waals surface area contributed by atoms with E-state index in [2.05, 4.69) is 15.2 Å². The molecule has 0 bridgehead atoms. The van der Waals surface area contributed by atoms with E-state index in [1.165, 1.54) is 0 Å². The van der Waals surface area contributed by atoms with Gasteiger partial charge in [0.1, 0.15) is 5.82 Å². The van der Waals surface area contributed by atoms with E-state index in [-0.39, 0.29) is 18.8 Å². The number of carbonyl (C=O) groups excluding carboxylic acids is 1. The van der Waals surface area contributed by atoms with Crippen LogP contribution < -0.4 is 19.7 Å². The maximum atomic E-state index is 12.5. The van der Waals surface area contributed by atoms with Gasteiger partial charge in [-0.15, -0.1) is 0 Å². The maximum Gasteiger partial charge on any atom is 0.251 e. The van der Waals surface area contributed by atoms with Gasteiger partial charge in [0.05, 0.1) is 6.10 Å². The lowest BCUT2D eigenvalue weighted by molar-refractivity contribution is 0.0950. The Morgan fingerprint density at radius 1 is 1.31 bits per heavy atom. The van der Waals surface area contributed by atoms with Crippen LogP contribution in [0.3, 0.4) is 0 Å². The first-order chi connectivity index (χ1) is 12.7. The number of β-amino-alcohol motifs (C(OH)–C–C–N with tert-alkyl or cyclic N) is 1. The number of rotatable bonds is 4. The average molecular weight is 355 g/mol. The van der Waals surface area contributed by atoms with Gasteiger partial charge in [-0.3, -0.25) is 4.79 Å². The molecule has 1 aromatic carbocycles. The molecule has 1 aromatic heterocycles. The molecule has 0 radical (unpaired) electrons. The van der Waals surface area contributed by atoms with E-state index in [0.717, 1.165) is 30.8 Å². The molecule has 2 aliphatic rings. The highest BCUT2D eigenvalue weighted by Gasteiger charge is 2.21. The number of benzene rings is 1. The van der Waals surface area contributed by atoms with Crippen molar-refractivity contribution in [2.24, 2.45) is 0 Å². The summed E-state index contributed by atoms with van der Waals surface area (Å²) in [5.74, 6) is 1.87. The third kappa shape index (κ3) is 3.43. The molecule has 2 N–H and O–H groups in total. The van der Waals surface area contributed by atoms with E-state index in [9.17, 15) is 9.90 Å². The monoisotopic (exact) mass is 355 g/mol. The molecule has 136 valence electrons. The number of ether oxygens (including phenoxy) is 2. The van der Waals surface area contributed by atoms with E-state index < -0.39 is 0 Å². The SMILES string of the molecule is O=C(NCc1cccnc1N1CCC[C@H](O)C1)c1ccc2c(c1)OCO2. The second kappa shape index (κ2) is 7.21. The Kier molecular flexibility index (Phi) is 4.62. The van der Waals surface area contributed by atoms with Gasteiger partial charge in [-0.2, -0.15) is 0 Å². The van der Waals surface area contributed by atoms with Crippen molar-refractivity contribution in [3.63, 3.8) is 0 Å². The molecule has 1 amide bonds. The molecule has 0 unspecified atom stereocenters. The molecule has 7 heteroatoms. The van der Waals surface area contributed by atoms with Gasteiger partial charge in [-0.25, -0.2) is 4.98 Å². The Morgan fingerprint density at radius 2 is 2.19 bits per heavy atom. The van der Waals surface area contributed by atoms with Gasteiger partial charge < -0.3 is 24.8 Å². The quantitative estimate of drug-likeness (QED) is 0.869. The van der Waals surface area contributed by atoms with Crippen LogP contribution in [0.2, 0.25) is 0 Å². The standard InChI is InChI=1S/C19H21N3O4/c23-15-4-2-8-22(11-15)18-14(3-1-7-20-18)10-21-19(24)13-5-6-16-17(9-13)26-12-25-16/h1,3,5-7,9,15,23H,2,4,8,10-12H2,(H,21,24)/t15-/m0/s1. The molecular formula is C19H21N3O4. The minimum Gasteiger partial charge on any atom is -0.454 e. The van der Waals surface area contributed by atoms with Gasteiger partial charge in [0.15, 0.2) is 11.5 Å². The van der Waals surface area contributed by atoms with Gasteiger partial charge in [-0.05, 0) is 37.1 Å². The number of nitrogens with zero attached hydrogens (tertiary/aromatic N) is 2. The third-order valence-corrected chi connectivity index (χ3v) is 4.64. The number of fused-ring (bicyclic) bond motifs is 1. The van der Waals surface area contributed by atoms with E-state index in [4.69, 9.17) is 9.47 Å². The molecular weight excluding hydrogens is 334 g/mol. The molecule has 7 nitrogen and oxygen atoms in total. The zero-order valence-electron chi connectivity index (χ0n) is 14.4. The predicted molar refractivity (Wildman–Crippen MR) is 95.4 cm³/mol. The number of aliphatic hydroxyl groups excluding tert-OH is 1. The van der Waals surface area contributed by atoms with Crippen molar-refractivity contribution in [3.05, 3.63) is 47.7 Å². The Hall–Kier alpha value is -2.80. The second-order valence-electron chi connectivity index (χ2n) is 6.48. The van der Waals surface area contributed by atoms with Gasteiger partial charge >= 0.3 is 0 Å². The Bertz CT molecular complexity index is 811. The van der Waals surface area contributed by atoms with Gasteiger partial charge in [-0.1, -0.05) is 6.07 Å². The fourth-order valence-corrected chi connectivity index (χ4v) is 3.32. The average Bonchev–Trinajstić information content (AvgIpc) is 3.14. The number of carbonyl (C=O) groups is 1. The minimum absolute atomic E-state index is 0.182. The van der Waals surface area contributed by atoms with Crippen LogP contribution in [0.5, 0.6) is 11.5 Å². The zero-order chi connectivity index (χ0) is 17.9. The van der Waals surface area contributed by atoms with Crippen LogP contribution in [0.1, 0.15) is 28.8 Å². The summed E-state index contributed by atoms with van der Waals surface area (Å²) < 4.78 is 10.6. The van der Waals surface area contributed by atoms with Gasteiger partial charge in [0.25, 0.3) is 5.91 Å². The summed E-state index contributed by atoms with van der Waals surface area (Å²) in [6.45, 7) is 1.97. The third-order valence-electron chi connectivity index (χ3n) is 4.64. The Labute approximate surface area is 151 Å². The largest absolute Gasteiger partial charge is 0.454 e. The molecule has 3 heterocycles. The normalized spacial score (nSPS) is 18.7. The van der Waals surface area contributed by atoms with Crippen molar-refractivity contribution in [2.75, 3.05) is 24.8 Å². The highest BCUT2D eigenvalue weighted by Crippen LogP contribution is 2.32. The number of aromatic nitrogens is 1. The molecule has 0 aliphatic carbocycles. The van der Waals surface area contributed by atoms with Crippen molar-refractivity contribution in [1.82, 2.24) is 10.3 Å². The van der Waals surface area contributed by atoms with Crippen molar-refractivity contribution >= 4 is 11.7 Å². The lowest BCUT2D eigenvalue weighted by Crippen LogP contribution is -2.39. The maximum absolute atomic E-state index is 12.5. The predicted octanol–water partition coefficient (Wildman–Crippen LogP) is 1.70. The lowest BCUT2D eigenvalue weighted by Gasteiger charge is -2.32. The second-order valence-corrected chi connectivity index (χ2v) is 6.48. The number of hydrogen-bond acceptors (Lipinski definition) is 6. The summed E-state index contributed by atoms with van der Waals surface area (Å²) in [6.07, 6.45) is 3.15. The van der Waals surface area contributed by atoms with Crippen LogP contribution in [0.4, 0.5) is 5.82 Å². The van der Waals surface area contributed by atoms with E-state index in [1.807, 2.05) is 12.1 Å². The summed E-state index contributed by atoms with van der Waals surface area (Å²) in [5, 5.41) is 12.8. The van der Waals surface area contributed by atoms with Crippen LogP contribution in [0.15, 0.2) is 36.5 Å². The fraction of sp³-hybridized carbons (Fsp3) is 0.368. The highest BCUT2D eigenvalue weighted by molar-refractivity contribution is 5.95. The molecule has 2 aromatic rings. The first-order valence-electron chi connectivity index (χ1n) is 8.75. The summed E-state index contributed by atoms with van der Waals surface area (Å²) in [6, 6.07) is 8.94. The van der Waals surface area contributed by atoms with Crippen molar-refractivity contribution in [1.29, 1.82) is 0 Å². The topological polar surface area (TPSA) is 83.9 Å². The van der Waals surface area contributed by atoms with Crippen molar-refractivity contribution in [3.8, 4) is 11.5 Å². The van der Waals surface area contributed by atoms with Crippen molar-refractivity contribution < 1.29 is 19.4 Å². The molecule has 2 aliphatic heterocycles. The minimum atomic E-state index is -0.332. The summed E-state index contributed by atoms with van der Waals surface area (Å²) in [5.41, 5.74) is 1.45. The molecule has 4 rings (SSSR count). The van der Waals surface area contributed by atoms with Crippen LogP contribution in [0.25, 0.3) is 0 Å². The number of pyridine rings is 1. The number of piperidine rings is 1. The lowest BCUT2D eigenvalue weighted by atomic mass is 10.1. The summed E-state index contributed by atoms with van der Waals surface area (Å²) >= 11 is 0. The fourth-order valence-electron chi connectivity index (χ4n) is 3.32. The number of amides is 1. The van der Waals surface area contributed by atoms with Crippen LogP contribution in [-0.4, -0.2) is 42.0 Å². The first-order valence-corrected chi connectivity index (χ1v) is 8.75. The Morgan fingerprint density at radius 3 is 3.08 bits per heavy atom. The smallest absolute Gasteiger partial charge is 0.251 e. The molecule has 1 saturated heterocycles. The van der Waals surface area contributed by atoms with E-state index >= 15 is 0 Å². The first kappa shape index (κ1) is 16.7. The van der Waals surface area contributed by atoms with Gasteiger partial charge in [0, 0.05) is 37.0 Å². The molecule has 1 atom stereocenters. The number of nitrogens with one attached hydrogen (secondary N) is 1. The molecule has 0 spiro atoms. The van der Waals surface area contributed by atoms with E-state index in [1.54, 1.807) is 24.4 Å². The van der Waals surface area contributed by atoms with Crippen LogP contribution in [-0.2, 0) is 6.54 Å². The Balaban J connectivity index is 1.45. The number of anilines is 1. The summed E-state index contributed by atoms with van der Waals surface area (Å²) in [4.78, 5) is 19.0. The molecule has 0 saturated carbocycles. The molecule has 1 fully saturated rings. The van der Waals surface area contributed by atoms with Crippen LogP contribution in [0, 0.1) is 0 Å². The molecule has 26 heavy (non-hydrogen) atoms.